The van der Waals surface area contributed by atoms with E-state index >= 15 is 0 Å². The summed E-state index contributed by atoms with van der Waals surface area (Å²) in [7, 11) is 1.67. The molecule has 0 radical (unpaired) electrons. The van der Waals surface area contributed by atoms with Crippen LogP contribution < -0.4 is 15.8 Å². The second-order valence-electron chi connectivity index (χ2n) is 3.63. The number of anilines is 2. The molecule has 1 aromatic carbocycles. The first kappa shape index (κ1) is 11.3. The Kier molecular flexibility index (Phi) is 3.45. The lowest BCUT2D eigenvalue weighted by Gasteiger charge is -2.10. The van der Waals surface area contributed by atoms with Crippen molar-refractivity contribution in [2.75, 3.05) is 18.2 Å². The Bertz CT molecular complexity index is 500. The van der Waals surface area contributed by atoms with Gasteiger partial charge in [-0.05, 0) is 12.1 Å². The van der Waals surface area contributed by atoms with E-state index in [0.29, 0.717) is 12.4 Å². The number of ether oxygens (including phenoxy) is 1. The Morgan fingerprint density at radius 1 is 1.29 bits per heavy atom. The van der Waals surface area contributed by atoms with E-state index in [1.165, 1.54) is 0 Å². The van der Waals surface area contributed by atoms with Crippen LogP contribution in [0.4, 0.5) is 11.5 Å². The highest BCUT2D eigenvalue weighted by atomic mass is 16.5. The number of benzene rings is 1. The molecule has 0 spiro atoms. The SMILES string of the molecule is COc1ccccc1CNc1ccnc(N)c1. The molecule has 0 fully saturated rings. The van der Waals surface area contributed by atoms with Crippen molar-refractivity contribution in [2.24, 2.45) is 0 Å². The lowest BCUT2D eigenvalue weighted by Crippen LogP contribution is -2.02. The van der Waals surface area contributed by atoms with Crippen molar-refractivity contribution in [3.05, 3.63) is 48.2 Å². The minimum atomic E-state index is 0.509. The fourth-order valence-electron chi connectivity index (χ4n) is 1.60. The van der Waals surface area contributed by atoms with Gasteiger partial charge in [-0.2, -0.15) is 0 Å². The van der Waals surface area contributed by atoms with E-state index in [4.69, 9.17) is 10.5 Å². The molecule has 88 valence electrons. The van der Waals surface area contributed by atoms with Crippen molar-refractivity contribution in [1.82, 2.24) is 4.98 Å². The molecule has 0 atom stereocenters. The van der Waals surface area contributed by atoms with Crippen molar-refractivity contribution in [3.63, 3.8) is 0 Å². The predicted octanol–water partition coefficient (Wildman–Crippen LogP) is 2.28. The second kappa shape index (κ2) is 5.21. The van der Waals surface area contributed by atoms with E-state index in [-0.39, 0.29) is 0 Å². The number of nitrogens with one attached hydrogen (secondary N) is 1. The zero-order chi connectivity index (χ0) is 12.1. The van der Waals surface area contributed by atoms with E-state index in [1.54, 1.807) is 19.4 Å². The van der Waals surface area contributed by atoms with Gasteiger partial charge in [0.15, 0.2) is 0 Å². The maximum atomic E-state index is 5.61. The smallest absolute Gasteiger partial charge is 0.125 e. The van der Waals surface area contributed by atoms with Crippen LogP contribution in [0.2, 0.25) is 0 Å². The van der Waals surface area contributed by atoms with Gasteiger partial charge in [0.2, 0.25) is 0 Å². The molecule has 4 heteroatoms. The van der Waals surface area contributed by atoms with Crippen LogP contribution in [-0.4, -0.2) is 12.1 Å². The van der Waals surface area contributed by atoms with Gasteiger partial charge in [-0.15, -0.1) is 0 Å². The summed E-state index contributed by atoms with van der Waals surface area (Å²) >= 11 is 0. The third kappa shape index (κ3) is 2.87. The maximum Gasteiger partial charge on any atom is 0.125 e. The molecule has 1 heterocycles. The zero-order valence-corrected chi connectivity index (χ0v) is 9.68. The molecular formula is C13H15N3O. The molecule has 0 unspecified atom stereocenters. The van der Waals surface area contributed by atoms with Crippen LogP contribution >= 0.6 is 0 Å². The Labute approximate surface area is 100 Å². The van der Waals surface area contributed by atoms with Gasteiger partial charge in [0, 0.05) is 30.1 Å². The molecule has 0 aliphatic rings. The van der Waals surface area contributed by atoms with Gasteiger partial charge in [-0.3, -0.25) is 0 Å². The van der Waals surface area contributed by atoms with E-state index in [9.17, 15) is 0 Å². The Balaban J connectivity index is 2.07. The predicted molar refractivity (Wildman–Crippen MR) is 69.0 cm³/mol. The number of nitrogens with zero attached hydrogens (tertiary/aromatic N) is 1. The Morgan fingerprint density at radius 2 is 2.12 bits per heavy atom. The summed E-state index contributed by atoms with van der Waals surface area (Å²) in [6.45, 7) is 0.688. The van der Waals surface area contributed by atoms with Gasteiger partial charge in [-0.25, -0.2) is 4.98 Å². The van der Waals surface area contributed by atoms with Gasteiger partial charge in [0.25, 0.3) is 0 Å². The van der Waals surface area contributed by atoms with E-state index in [0.717, 1.165) is 17.0 Å². The molecule has 0 amide bonds. The van der Waals surface area contributed by atoms with Crippen LogP contribution in [0.1, 0.15) is 5.56 Å². The van der Waals surface area contributed by atoms with Crippen LogP contribution in [0.15, 0.2) is 42.6 Å². The van der Waals surface area contributed by atoms with E-state index in [2.05, 4.69) is 10.3 Å². The van der Waals surface area contributed by atoms with E-state index in [1.807, 2.05) is 30.3 Å². The van der Waals surface area contributed by atoms with Gasteiger partial charge < -0.3 is 15.8 Å². The van der Waals surface area contributed by atoms with Crippen molar-refractivity contribution in [2.45, 2.75) is 6.54 Å². The van der Waals surface area contributed by atoms with Crippen LogP contribution in [-0.2, 0) is 6.54 Å². The maximum absolute atomic E-state index is 5.61. The Hall–Kier alpha value is -2.23. The number of pyridine rings is 1. The lowest BCUT2D eigenvalue weighted by molar-refractivity contribution is 0.410. The highest BCUT2D eigenvalue weighted by Crippen LogP contribution is 2.19. The lowest BCUT2D eigenvalue weighted by atomic mass is 10.2. The second-order valence-corrected chi connectivity index (χ2v) is 3.63. The summed E-state index contributed by atoms with van der Waals surface area (Å²) in [5.41, 5.74) is 7.66. The summed E-state index contributed by atoms with van der Waals surface area (Å²) in [6.07, 6.45) is 1.68. The highest BCUT2D eigenvalue weighted by molar-refractivity contribution is 5.50. The zero-order valence-electron chi connectivity index (χ0n) is 9.68. The van der Waals surface area contributed by atoms with Crippen molar-refractivity contribution >= 4 is 11.5 Å². The molecule has 0 saturated heterocycles. The first-order valence-corrected chi connectivity index (χ1v) is 5.37. The summed E-state index contributed by atoms with van der Waals surface area (Å²) in [5.74, 6) is 1.39. The molecule has 2 rings (SSSR count). The van der Waals surface area contributed by atoms with Gasteiger partial charge in [0.1, 0.15) is 11.6 Å². The third-order valence-corrected chi connectivity index (χ3v) is 2.46. The molecule has 0 saturated carbocycles. The molecule has 2 aromatic rings. The molecule has 0 aliphatic heterocycles. The molecular weight excluding hydrogens is 214 g/mol. The molecule has 3 N–H and O–H groups in total. The number of hydrogen-bond acceptors (Lipinski definition) is 4. The first-order valence-electron chi connectivity index (χ1n) is 5.37. The quantitative estimate of drug-likeness (QED) is 0.844. The van der Waals surface area contributed by atoms with Crippen molar-refractivity contribution < 1.29 is 4.74 Å². The number of para-hydroxylation sites is 1. The van der Waals surface area contributed by atoms with Crippen LogP contribution in [0.5, 0.6) is 5.75 Å². The number of rotatable bonds is 4. The van der Waals surface area contributed by atoms with Crippen molar-refractivity contribution in [1.29, 1.82) is 0 Å². The molecule has 4 nitrogen and oxygen atoms in total. The van der Waals surface area contributed by atoms with Gasteiger partial charge >= 0.3 is 0 Å². The standard InChI is InChI=1S/C13H15N3O/c1-17-12-5-3-2-4-10(12)9-16-11-6-7-15-13(14)8-11/h2-8H,9H2,1H3,(H3,14,15,16). The summed E-state index contributed by atoms with van der Waals surface area (Å²) in [4.78, 5) is 3.94. The number of nitrogen functional groups attached to an aromatic ring is 1. The van der Waals surface area contributed by atoms with Gasteiger partial charge in [-0.1, -0.05) is 18.2 Å². The molecule has 17 heavy (non-hydrogen) atoms. The minimum Gasteiger partial charge on any atom is -0.496 e. The fraction of sp³-hybridized carbons (Fsp3) is 0.154. The monoisotopic (exact) mass is 229 g/mol. The summed E-state index contributed by atoms with van der Waals surface area (Å²) < 4.78 is 5.28. The number of nitrogens with two attached hydrogens (primary N) is 1. The number of aromatic nitrogens is 1. The number of methoxy groups -OCH3 is 1. The van der Waals surface area contributed by atoms with Crippen LogP contribution in [0.3, 0.4) is 0 Å². The topological polar surface area (TPSA) is 60.2 Å². The minimum absolute atomic E-state index is 0.509. The van der Waals surface area contributed by atoms with Crippen molar-refractivity contribution in [3.8, 4) is 5.75 Å². The van der Waals surface area contributed by atoms with Gasteiger partial charge in [0.05, 0.1) is 7.11 Å². The van der Waals surface area contributed by atoms with E-state index < -0.39 is 0 Å². The highest BCUT2D eigenvalue weighted by Gasteiger charge is 2.01. The molecule has 1 aromatic heterocycles. The number of hydrogen-bond donors (Lipinski definition) is 2. The van der Waals surface area contributed by atoms with Crippen LogP contribution in [0.25, 0.3) is 0 Å². The summed E-state index contributed by atoms with van der Waals surface area (Å²) in [6, 6.07) is 11.6. The Morgan fingerprint density at radius 3 is 2.88 bits per heavy atom. The molecule has 0 bridgehead atoms. The fourth-order valence-corrected chi connectivity index (χ4v) is 1.60. The average molecular weight is 229 g/mol. The average Bonchev–Trinajstić information content (AvgIpc) is 2.37. The van der Waals surface area contributed by atoms with Crippen LogP contribution in [0, 0.1) is 0 Å². The molecule has 0 aliphatic carbocycles. The largest absolute Gasteiger partial charge is 0.496 e. The third-order valence-electron chi connectivity index (χ3n) is 2.46. The first-order chi connectivity index (χ1) is 8.29. The summed E-state index contributed by atoms with van der Waals surface area (Å²) in [5, 5.41) is 3.28. The normalized spacial score (nSPS) is 9.94.